The average molecular weight is 191 g/mol. The van der Waals surface area contributed by atoms with Gasteiger partial charge in [0.15, 0.2) is 0 Å². The maximum absolute atomic E-state index is 13.5. The predicted molar refractivity (Wildman–Crippen MR) is 53.6 cm³/mol. The third-order valence-electron chi connectivity index (χ3n) is 3.66. The van der Waals surface area contributed by atoms with Crippen molar-refractivity contribution in [1.29, 1.82) is 0 Å². The Labute approximate surface area is 83.1 Å². The van der Waals surface area contributed by atoms with Crippen LogP contribution in [0, 0.1) is 5.82 Å². The number of rotatable bonds is 0. The fourth-order valence-corrected chi connectivity index (χ4v) is 3.05. The SMILES string of the molecule is NC1CC2CCCc3c(F)ccc1c32. The smallest absolute Gasteiger partial charge is 0.126 e. The van der Waals surface area contributed by atoms with Crippen molar-refractivity contribution in [3.63, 3.8) is 0 Å². The summed E-state index contributed by atoms with van der Waals surface area (Å²) in [5.74, 6) is 0.516. The van der Waals surface area contributed by atoms with Crippen molar-refractivity contribution in [3.05, 3.63) is 34.6 Å². The van der Waals surface area contributed by atoms with Gasteiger partial charge in [0.05, 0.1) is 0 Å². The van der Waals surface area contributed by atoms with Crippen LogP contribution in [0.2, 0.25) is 0 Å². The number of nitrogens with two attached hydrogens (primary N) is 1. The van der Waals surface area contributed by atoms with E-state index in [1.54, 1.807) is 6.07 Å². The maximum Gasteiger partial charge on any atom is 0.126 e. The van der Waals surface area contributed by atoms with Crippen LogP contribution in [-0.4, -0.2) is 0 Å². The van der Waals surface area contributed by atoms with Crippen molar-refractivity contribution in [2.24, 2.45) is 5.73 Å². The lowest BCUT2D eigenvalue weighted by atomic mass is 9.84. The fraction of sp³-hybridized carbons (Fsp3) is 0.500. The lowest BCUT2D eigenvalue weighted by Gasteiger charge is -2.21. The van der Waals surface area contributed by atoms with E-state index in [9.17, 15) is 4.39 Å². The van der Waals surface area contributed by atoms with E-state index in [4.69, 9.17) is 5.73 Å². The van der Waals surface area contributed by atoms with Crippen LogP contribution < -0.4 is 5.73 Å². The molecular weight excluding hydrogens is 177 g/mol. The summed E-state index contributed by atoms with van der Waals surface area (Å²) in [6, 6.07) is 3.61. The Morgan fingerprint density at radius 3 is 3.07 bits per heavy atom. The summed E-state index contributed by atoms with van der Waals surface area (Å²) < 4.78 is 13.5. The second-order valence-electron chi connectivity index (χ2n) is 4.46. The first kappa shape index (κ1) is 8.42. The molecule has 74 valence electrons. The fourth-order valence-electron chi connectivity index (χ4n) is 3.05. The van der Waals surface area contributed by atoms with E-state index in [0.29, 0.717) is 5.92 Å². The lowest BCUT2D eigenvalue weighted by molar-refractivity contribution is 0.508. The molecule has 0 saturated carbocycles. The van der Waals surface area contributed by atoms with Crippen molar-refractivity contribution in [2.75, 3.05) is 0 Å². The molecule has 1 aromatic rings. The summed E-state index contributed by atoms with van der Waals surface area (Å²) >= 11 is 0. The molecular formula is C12H14FN. The molecule has 0 amide bonds. The zero-order valence-electron chi connectivity index (χ0n) is 8.09. The zero-order valence-corrected chi connectivity index (χ0v) is 8.09. The molecule has 2 unspecified atom stereocenters. The maximum atomic E-state index is 13.5. The lowest BCUT2D eigenvalue weighted by Crippen LogP contribution is -2.08. The van der Waals surface area contributed by atoms with Crippen molar-refractivity contribution < 1.29 is 4.39 Å². The van der Waals surface area contributed by atoms with E-state index < -0.39 is 0 Å². The molecule has 0 aromatic heterocycles. The highest BCUT2D eigenvalue weighted by Crippen LogP contribution is 2.46. The molecule has 2 heteroatoms. The van der Waals surface area contributed by atoms with E-state index in [1.807, 2.05) is 6.07 Å². The number of hydrogen-bond acceptors (Lipinski definition) is 1. The Balaban J connectivity index is 2.25. The number of halogens is 1. The molecule has 3 rings (SSSR count). The summed E-state index contributed by atoms with van der Waals surface area (Å²) in [5, 5.41) is 0. The second kappa shape index (κ2) is 2.80. The standard InChI is InChI=1S/C12H14FN/c13-10-5-4-9-11(14)6-7-2-1-3-8(10)12(7)9/h4-5,7,11H,1-3,6,14H2. The van der Waals surface area contributed by atoms with Crippen molar-refractivity contribution in [3.8, 4) is 0 Å². The summed E-state index contributed by atoms with van der Waals surface area (Å²) in [5.41, 5.74) is 9.44. The topological polar surface area (TPSA) is 26.0 Å². The number of benzene rings is 1. The van der Waals surface area contributed by atoms with Crippen LogP contribution in [0.1, 0.15) is 47.9 Å². The van der Waals surface area contributed by atoms with Crippen LogP contribution in [0.4, 0.5) is 4.39 Å². The Hall–Kier alpha value is -0.890. The second-order valence-corrected chi connectivity index (χ2v) is 4.46. The quantitative estimate of drug-likeness (QED) is 0.670. The Kier molecular flexibility index (Phi) is 1.68. The van der Waals surface area contributed by atoms with Gasteiger partial charge in [0.25, 0.3) is 0 Å². The van der Waals surface area contributed by atoms with Crippen LogP contribution in [0.15, 0.2) is 12.1 Å². The molecule has 0 aliphatic heterocycles. The van der Waals surface area contributed by atoms with Gasteiger partial charge < -0.3 is 5.73 Å². The molecule has 2 atom stereocenters. The molecule has 2 aliphatic rings. The Morgan fingerprint density at radius 2 is 2.21 bits per heavy atom. The molecule has 2 N–H and O–H groups in total. The van der Waals surface area contributed by atoms with Gasteiger partial charge in [-0.15, -0.1) is 0 Å². The summed E-state index contributed by atoms with van der Waals surface area (Å²) in [6.45, 7) is 0. The van der Waals surface area contributed by atoms with E-state index in [-0.39, 0.29) is 11.9 Å². The highest BCUT2D eigenvalue weighted by molar-refractivity contribution is 5.45. The number of hydrogen-bond donors (Lipinski definition) is 1. The molecule has 0 fully saturated rings. The minimum Gasteiger partial charge on any atom is -0.324 e. The van der Waals surface area contributed by atoms with Crippen LogP contribution >= 0.6 is 0 Å². The molecule has 0 saturated heterocycles. The first-order valence-corrected chi connectivity index (χ1v) is 5.34. The normalized spacial score (nSPS) is 29.0. The third-order valence-corrected chi connectivity index (χ3v) is 3.66. The van der Waals surface area contributed by atoms with Gasteiger partial charge in [-0.3, -0.25) is 0 Å². The van der Waals surface area contributed by atoms with E-state index in [0.717, 1.165) is 24.8 Å². The van der Waals surface area contributed by atoms with Gasteiger partial charge in [-0.1, -0.05) is 6.07 Å². The van der Waals surface area contributed by atoms with Gasteiger partial charge in [-0.05, 0) is 54.4 Å². The molecule has 14 heavy (non-hydrogen) atoms. The van der Waals surface area contributed by atoms with Crippen LogP contribution in [-0.2, 0) is 6.42 Å². The molecule has 0 radical (unpaired) electrons. The van der Waals surface area contributed by atoms with E-state index in [1.165, 1.54) is 17.5 Å². The van der Waals surface area contributed by atoms with Crippen molar-refractivity contribution in [1.82, 2.24) is 0 Å². The van der Waals surface area contributed by atoms with Crippen LogP contribution in [0.25, 0.3) is 0 Å². The minimum atomic E-state index is -0.0254. The van der Waals surface area contributed by atoms with Gasteiger partial charge in [0, 0.05) is 6.04 Å². The van der Waals surface area contributed by atoms with Crippen LogP contribution in [0.5, 0.6) is 0 Å². The van der Waals surface area contributed by atoms with Crippen molar-refractivity contribution in [2.45, 2.75) is 37.6 Å². The minimum absolute atomic E-state index is 0.0254. The summed E-state index contributed by atoms with van der Waals surface area (Å²) in [7, 11) is 0. The highest BCUT2D eigenvalue weighted by atomic mass is 19.1. The average Bonchev–Trinajstić information content (AvgIpc) is 2.50. The molecule has 2 aliphatic carbocycles. The molecule has 0 spiro atoms. The Bertz CT molecular complexity index is 386. The third kappa shape index (κ3) is 0.976. The van der Waals surface area contributed by atoms with Gasteiger partial charge in [-0.25, -0.2) is 4.39 Å². The first-order chi connectivity index (χ1) is 6.77. The summed E-state index contributed by atoms with van der Waals surface area (Å²) in [4.78, 5) is 0. The van der Waals surface area contributed by atoms with Crippen LogP contribution in [0.3, 0.4) is 0 Å². The van der Waals surface area contributed by atoms with E-state index >= 15 is 0 Å². The van der Waals surface area contributed by atoms with Gasteiger partial charge in [0.2, 0.25) is 0 Å². The van der Waals surface area contributed by atoms with Gasteiger partial charge in [-0.2, -0.15) is 0 Å². The van der Waals surface area contributed by atoms with Crippen molar-refractivity contribution >= 4 is 0 Å². The molecule has 1 aromatic carbocycles. The molecule has 1 nitrogen and oxygen atoms in total. The van der Waals surface area contributed by atoms with Gasteiger partial charge in [0.1, 0.15) is 5.82 Å². The highest BCUT2D eigenvalue weighted by Gasteiger charge is 2.34. The summed E-state index contributed by atoms with van der Waals surface area (Å²) in [6.07, 6.45) is 4.23. The largest absolute Gasteiger partial charge is 0.324 e. The zero-order chi connectivity index (χ0) is 9.71. The Morgan fingerprint density at radius 1 is 1.36 bits per heavy atom. The van der Waals surface area contributed by atoms with E-state index in [2.05, 4.69) is 0 Å². The predicted octanol–water partition coefficient (Wildman–Crippen LogP) is 2.65. The molecule has 0 heterocycles. The monoisotopic (exact) mass is 191 g/mol. The van der Waals surface area contributed by atoms with Gasteiger partial charge >= 0.3 is 0 Å². The first-order valence-electron chi connectivity index (χ1n) is 5.34. The molecule has 0 bridgehead atoms.